The predicted molar refractivity (Wildman–Crippen MR) is 385 cm³/mol. The lowest BCUT2D eigenvalue weighted by Gasteiger charge is -2.50. The molecule has 9 N–H and O–H groups in total. The molecule has 29 heteroatoms. The molecule has 0 spiro atoms. The van der Waals surface area contributed by atoms with Crippen LogP contribution >= 0.6 is 0 Å². The van der Waals surface area contributed by atoms with Crippen molar-refractivity contribution in [3.05, 3.63) is 47.6 Å². The smallest absolute Gasteiger partial charge is 0.308 e. The van der Waals surface area contributed by atoms with Crippen molar-refractivity contribution >= 4 is 36.1 Å². The highest BCUT2D eigenvalue weighted by atomic mass is 16.7. The minimum absolute atomic E-state index is 0.000625. The van der Waals surface area contributed by atoms with Crippen molar-refractivity contribution in [1.82, 2.24) is 9.80 Å². The number of carbonyl (C=O) groups is 6. The van der Waals surface area contributed by atoms with Crippen LogP contribution in [0.4, 0.5) is 0 Å². The molecule has 4 saturated heterocycles. The zero-order valence-electron chi connectivity index (χ0n) is 65.6. The maximum absolute atomic E-state index is 13.8. The summed E-state index contributed by atoms with van der Waals surface area (Å²) in [5, 5.41) is 98.8. The van der Waals surface area contributed by atoms with Gasteiger partial charge in [-0.25, -0.2) is 0 Å². The monoisotopic (exact) mass is 1510 g/mol. The first-order valence-electron chi connectivity index (χ1n) is 37.6. The molecule has 0 radical (unpaired) electrons. The van der Waals surface area contributed by atoms with E-state index in [1.807, 2.05) is 26.8 Å². The van der Waals surface area contributed by atoms with E-state index in [4.69, 9.17) is 56.8 Å². The molecule has 6 heterocycles. The fourth-order valence-electron chi connectivity index (χ4n) is 15.4. The second-order valence-electron chi connectivity index (χ2n) is 30.8. The number of methoxy groups -OCH3 is 2. The third-order valence-corrected chi connectivity index (χ3v) is 22.0. The number of ether oxygens (including phenoxy) is 12. The fraction of sp³-hybridized carbons (Fsp3) is 0.818. The van der Waals surface area contributed by atoms with Crippen molar-refractivity contribution in [2.75, 3.05) is 55.6 Å². The molecule has 106 heavy (non-hydrogen) atoms. The van der Waals surface area contributed by atoms with Crippen molar-refractivity contribution in [3.8, 4) is 0 Å². The zero-order chi connectivity index (χ0) is 79.5. The van der Waals surface area contributed by atoms with Gasteiger partial charge in [0.05, 0.1) is 98.7 Å². The molecule has 6 rings (SSSR count). The number of nitrogens with zero attached hydrogens (tertiary/aromatic N) is 2. The topological polar surface area (TPSA) is 402 Å². The summed E-state index contributed by atoms with van der Waals surface area (Å²) in [5.74, 6) is -6.75. The molecule has 0 amide bonds. The molecule has 608 valence electrons. The number of hydrogen-bond acceptors (Lipinski definition) is 29. The van der Waals surface area contributed by atoms with Gasteiger partial charge < -0.3 is 122 Å². The molecule has 29 nitrogen and oxygen atoms in total. The first-order valence-corrected chi connectivity index (χ1v) is 37.6. The molecule has 0 aromatic rings. The first kappa shape index (κ1) is 92.3. The van der Waals surface area contributed by atoms with Crippen LogP contribution in [0.3, 0.4) is 0 Å². The molecular weight excluding hydrogens is 1380 g/mol. The summed E-state index contributed by atoms with van der Waals surface area (Å²) < 4.78 is 72.5. The quantitative estimate of drug-likeness (QED) is 0.0624. The van der Waals surface area contributed by atoms with E-state index in [0.717, 1.165) is 12.6 Å². The van der Waals surface area contributed by atoms with Crippen molar-refractivity contribution in [2.24, 2.45) is 47.3 Å². The van der Waals surface area contributed by atoms with Crippen LogP contribution < -0.4 is 0 Å². The average Bonchev–Trinajstić information content (AvgIpc) is 0.435. The SMILES string of the molecule is CC[C@H]1OC(=O)C[C@@H](O)[C@H](C)[C@@H](O[C@@H]2O[C@H](C)[C@@H](O)C(N(C)C)C2O)[C@@H](CC=O)C[C@@H](C)C(=O)/C=C/C(C)=C/[C@@H]1CO.CC[C@H]1OC(=O)C[C@@H](O)[C@H](C)[C@@H](O[C@@H]2O[C@H](C)[C@@H](O[C@H]3CC(C)(O)[C@@H](O)C(C)O3)C(N(C)C)C2O)[C@@H](CC=O)C[C@@H](C)C(=O)/C=C/C(C)=C/[C@@H]1CO[C@@H]1OC(C)[C@@H](O)[C@H](OC)C1OC. The fourth-order valence-corrected chi connectivity index (χ4v) is 15.4. The molecule has 0 aromatic carbocycles. The van der Waals surface area contributed by atoms with Gasteiger partial charge in [-0.3, -0.25) is 19.2 Å². The largest absolute Gasteiger partial charge is 0.462 e. The average molecular weight is 1510 g/mol. The maximum Gasteiger partial charge on any atom is 0.308 e. The van der Waals surface area contributed by atoms with E-state index in [0.29, 0.717) is 24.0 Å². The number of rotatable bonds is 20. The van der Waals surface area contributed by atoms with Crippen LogP contribution in [0, 0.1) is 47.3 Å². The second-order valence-corrected chi connectivity index (χ2v) is 30.8. The summed E-state index contributed by atoms with van der Waals surface area (Å²) >= 11 is 0. The van der Waals surface area contributed by atoms with Gasteiger partial charge in [0.2, 0.25) is 0 Å². The zero-order valence-corrected chi connectivity index (χ0v) is 65.6. The highest BCUT2D eigenvalue weighted by Crippen LogP contribution is 2.40. The van der Waals surface area contributed by atoms with Crippen LogP contribution in [-0.4, -0.2) is 300 Å². The third-order valence-electron chi connectivity index (χ3n) is 22.0. The minimum Gasteiger partial charge on any atom is -0.462 e. The number of aldehydes is 2. The van der Waals surface area contributed by atoms with Gasteiger partial charge in [-0.15, -0.1) is 0 Å². The minimum atomic E-state index is -1.49. The number of likely N-dealkylation sites (N-methyl/N-ethyl adjacent to an activating group) is 2. The molecule has 6 aliphatic rings. The summed E-state index contributed by atoms with van der Waals surface area (Å²) in [5.41, 5.74) is -0.0925. The highest BCUT2D eigenvalue weighted by molar-refractivity contribution is 5.92. The van der Waals surface area contributed by atoms with E-state index in [2.05, 4.69) is 0 Å². The molecule has 0 bridgehead atoms. The van der Waals surface area contributed by atoms with Crippen LogP contribution in [0.15, 0.2) is 47.6 Å². The number of cyclic esters (lactones) is 2. The van der Waals surface area contributed by atoms with E-state index >= 15 is 0 Å². The molecule has 4 fully saturated rings. The second kappa shape index (κ2) is 43.0. The van der Waals surface area contributed by atoms with Crippen LogP contribution in [0.1, 0.15) is 148 Å². The number of aliphatic hydroxyl groups is 9. The Balaban J connectivity index is 0.000000416. The number of hydrogen-bond donors (Lipinski definition) is 9. The van der Waals surface area contributed by atoms with Gasteiger partial charge in [-0.05, 0) is 126 Å². The first-order chi connectivity index (χ1) is 49.8. The molecule has 6 aliphatic heterocycles. The Kier molecular flexibility index (Phi) is 37.4. The van der Waals surface area contributed by atoms with Crippen LogP contribution in [0.2, 0.25) is 0 Å². The van der Waals surface area contributed by atoms with Gasteiger partial charge in [0, 0.05) is 69.0 Å². The molecule has 33 atom stereocenters. The van der Waals surface area contributed by atoms with E-state index < -0.39 is 218 Å². The maximum atomic E-state index is 13.8. The van der Waals surface area contributed by atoms with Crippen LogP contribution in [0.5, 0.6) is 0 Å². The molecule has 8 unspecified atom stereocenters. The number of aliphatic hydroxyl groups excluding tert-OH is 8. The van der Waals surface area contributed by atoms with Crippen molar-refractivity contribution < 1.29 is 132 Å². The van der Waals surface area contributed by atoms with Crippen molar-refractivity contribution in [2.45, 2.75) is 301 Å². The standard InChI is InChI=1S/C46H77NO17.C31H51NO10/c1-13-33-30(22-58-45-42(57-12)41(56-11)37(52)26(5)60-45)18-23(2)14-15-31(49)24(3)19-29(16-17-48)39(25(4)32(50)20-34(51)62-33)64-44-38(53)36(47(9)10)40(27(6)61-44)63-35-21-46(8,55)43(54)28(7)59-35;1-8-25-22(16-34)13-17(2)9-10-23(35)18(3)14-21(11-12-33)30(19(4)24(36)15-26(37)41-25)42-31-29(39)27(32(6)7)28(38)20(5)40-31/h14-15,17-18,24-30,32-33,35-45,50,52-55H,13,16,19-22H2,1-12H3;9-10,12-13,18-22,24-25,27-31,34,36,38-39H,8,11,14-16H2,1-7H3/b15-14+,23-18+;10-9+,17-13+/t24-,25+,26?,27-,28?,29+,30-,32-,33-,35+,36?,37-,38?,39-,40-,41+,42?,43+,44+,45-,46?;18-,19+,20-,21+,22-,24-,25-,27?,28-,29?,30-,31+/m11/s1. The van der Waals surface area contributed by atoms with E-state index in [1.165, 1.54) is 33.3 Å². The Labute approximate surface area is 626 Å². The predicted octanol–water partition coefficient (Wildman–Crippen LogP) is 3.24. The van der Waals surface area contributed by atoms with Crippen molar-refractivity contribution in [1.29, 1.82) is 0 Å². The van der Waals surface area contributed by atoms with E-state index in [-0.39, 0.29) is 63.3 Å². The Morgan fingerprint density at radius 3 is 1.41 bits per heavy atom. The molecule has 0 aliphatic carbocycles. The van der Waals surface area contributed by atoms with Gasteiger partial charge in [-0.2, -0.15) is 0 Å². The van der Waals surface area contributed by atoms with Gasteiger partial charge in [0.15, 0.2) is 36.7 Å². The van der Waals surface area contributed by atoms with Gasteiger partial charge in [0.1, 0.15) is 67.5 Å². The summed E-state index contributed by atoms with van der Waals surface area (Å²) in [6.45, 7) is 22.1. The van der Waals surface area contributed by atoms with E-state index in [9.17, 15) is 74.7 Å². The van der Waals surface area contributed by atoms with Crippen molar-refractivity contribution in [3.63, 3.8) is 0 Å². The Hall–Kier alpha value is -4.26. The lowest BCUT2D eigenvalue weighted by Crippen LogP contribution is -2.65. The third kappa shape index (κ3) is 24.9. The van der Waals surface area contributed by atoms with Gasteiger partial charge in [-0.1, -0.05) is 77.0 Å². The number of ketones is 2. The normalized spacial score (nSPS) is 44.2. The van der Waals surface area contributed by atoms with Gasteiger partial charge >= 0.3 is 11.9 Å². The van der Waals surface area contributed by atoms with Crippen LogP contribution in [0.25, 0.3) is 0 Å². The Morgan fingerprint density at radius 1 is 0.538 bits per heavy atom. The number of esters is 2. The molecule has 0 saturated carbocycles. The van der Waals surface area contributed by atoms with Gasteiger partial charge in [0.25, 0.3) is 0 Å². The number of allylic oxidation sites excluding steroid dienone is 6. The highest BCUT2D eigenvalue weighted by Gasteiger charge is 2.53. The number of carbonyl (C=O) groups excluding carboxylic acids is 6. The van der Waals surface area contributed by atoms with Crippen LogP contribution in [-0.2, 0) is 85.6 Å². The Morgan fingerprint density at radius 2 is 0.972 bits per heavy atom. The summed E-state index contributed by atoms with van der Waals surface area (Å²) in [6.07, 6.45) is -9.60. The Bertz CT molecular complexity index is 2870. The summed E-state index contributed by atoms with van der Waals surface area (Å²) in [6, 6.07) is -1.46. The molecular formula is C77H128N2O27. The summed E-state index contributed by atoms with van der Waals surface area (Å²) in [7, 11) is 9.87. The lowest BCUT2D eigenvalue weighted by atomic mass is 9.79. The van der Waals surface area contributed by atoms with E-state index in [1.54, 1.807) is 119 Å². The molecule has 0 aromatic heterocycles. The summed E-state index contributed by atoms with van der Waals surface area (Å²) in [4.78, 5) is 81.1. The lowest BCUT2D eigenvalue weighted by molar-refractivity contribution is -0.341.